The van der Waals surface area contributed by atoms with Crippen LogP contribution in [0.1, 0.15) is 47.7 Å². The van der Waals surface area contributed by atoms with Crippen LogP contribution in [0.25, 0.3) is 11.0 Å². The maximum absolute atomic E-state index is 12.0. The molecular weight excluding hydrogens is 360 g/mol. The number of nitrogens with zero attached hydrogens (tertiary/aromatic N) is 2. The first-order chi connectivity index (χ1) is 12.6. The Morgan fingerprint density at radius 3 is 2.63 bits per heavy atom. The molecular formula is C22H27ClN2O2. The second kappa shape index (κ2) is 9.56. The molecule has 27 heavy (non-hydrogen) atoms. The number of hydrogen-bond donors (Lipinski definition) is 0. The minimum atomic E-state index is 0. The Kier molecular flexibility index (Phi) is 7.43. The lowest BCUT2D eigenvalue weighted by Gasteiger charge is -2.10. The molecule has 2 aromatic carbocycles. The van der Waals surface area contributed by atoms with Gasteiger partial charge in [-0.1, -0.05) is 19.1 Å². The standard InChI is InChI=1S/C22H26N2O2.ClH/c1-4-21(25)18-9-5-6-10-22(18)26-12-8-7-11-24-15-23-19-13-16(2)17(3)14-20(19)24;/h5-6,9-10,13-15H,4,7-8,11-12H2,1-3H3;1H. The molecule has 0 fully saturated rings. The normalized spacial score (nSPS) is 10.6. The summed E-state index contributed by atoms with van der Waals surface area (Å²) in [7, 11) is 0. The number of imidazole rings is 1. The number of fused-ring (bicyclic) bond motifs is 1. The molecule has 4 nitrogen and oxygen atoms in total. The summed E-state index contributed by atoms with van der Waals surface area (Å²) in [5.41, 5.74) is 5.49. The van der Waals surface area contributed by atoms with Crippen LogP contribution in [0.4, 0.5) is 0 Å². The number of unbranched alkanes of at least 4 members (excludes halogenated alkanes) is 1. The molecule has 0 saturated carbocycles. The molecule has 144 valence electrons. The largest absolute Gasteiger partial charge is 0.493 e. The summed E-state index contributed by atoms with van der Waals surface area (Å²) >= 11 is 0. The number of benzene rings is 2. The third-order valence-electron chi connectivity index (χ3n) is 4.80. The van der Waals surface area contributed by atoms with Gasteiger partial charge in [-0.25, -0.2) is 4.98 Å². The zero-order valence-corrected chi connectivity index (χ0v) is 17.0. The predicted octanol–water partition coefficient (Wildman–Crippen LogP) is 5.53. The van der Waals surface area contributed by atoms with Crippen molar-refractivity contribution >= 4 is 29.2 Å². The second-order valence-electron chi connectivity index (χ2n) is 6.69. The van der Waals surface area contributed by atoms with Crippen LogP contribution in [0, 0.1) is 13.8 Å². The molecule has 0 saturated heterocycles. The number of para-hydroxylation sites is 1. The molecule has 0 radical (unpaired) electrons. The van der Waals surface area contributed by atoms with E-state index in [1.807, 2.05) is 37.5 Å². The van der Waals surface area contributed by atoms with Crippen molar-refractivity contribution < 1.29 is 9.53 Å². The molecule has 0 amide bonds. The Labute approximate surface area is 167 Å². The minimum Gasteiger partial charge on any atom is -0.493 e. The van der Waals surface area contributed by atoms with Gasteiger partial charge in [-0.2, -0.15) is 0 Å². The molecule has 0 spiro atoms. The van der Waals surface area contributed by atoms with Crippen molar-refractivity contribution in [3.8, 4) is 5.75 Å². The summed E-state index contributed by atoms with van der Waals surface area (Å²) in [6, 6.07) is 11.8. The van der Waals surface area contributed by atoms with E-state index in [0.29, 0.717) is 24.3 Å². The van der Waals surface area contributed by atoms with Crippen molar-refractivity contribution in [3.63, 3.8) is 0 Å². The Morgan fingerprint density at radius 2 is 1.85 bits per heavy atom. The van der Waals surface area contributed by atoms with E-state index in [0.717, 1.165) is 24.9 Å². The van der Waals surface area contributed by atoms with Crippen molar-refractivity contribution in [3.05, 3.63) is 59.4 Å². The molecule has 3 rings (SSSR count). The van der Waals surface area contributed by atoms with Gasteiger partial charge >= 0.3 is 0 Å². The Morgan fingerprint density at radius 1 is 1.11 bits per heavy atom. The third kappa shape index (κ3) is 4.89. The highest BCUT2D eigenvalue weighted by Gasteiger charge is 2.10. The molecule has 0 aliphatic rings. The van der Waals surface area contributed by atoms with Gasteiger partial charge in [0.05, 0.1) is 29.5 Å². The topological polar surface area (TPSA) is 44.1 Å². The number of ketones is 1. The molecule has 0 bridgehead atoms. The first-order valence-corrected chi connectivity index (χ1v) is 9.27. The lowest BCUT2D eigenvalue weighted by atomic mass is 10.1. The van der Waals surface area contributed by atoms with Crippen LogP contribution in [0.15, 0.2) is 42.7 Å². The quantitative estimate of drug-likeness (QED) is 0.378. The van der Waals surface area contributed by atoms with Crippen LogP contribution in [0.5, 0.6) is 5.75 Å². The lowest BCUT2D eigenvalue weighted by Crippen LogP contribution is -2.05. The number of aryl methyl sites for hydroxylation is 3. The van der Waals surface area contributed by atoms with Crippen molar-refractivity contribution in [2.75, 3.05) is 6.61 Å². The number of carbonyl (C=O) groups is 1. The van der Waals surface area contributed by atoms with Gasteiger partial charge in [0.1, 0.15) is 5.75 Å². The van der Waals surface area contributed by atoms with E-state index in [4.69, 9.17) is 4.74 Å². The van der Waals surface area contributed by atoms with Crippen LogP contribution in [-0.2, 0) is 6.54 Å². The Bertz CT molecular complexity index is 918. The highest BCUT2D eigenvalue weighted by molar-refractivity contribution is 5.98. The first kappa shape index (κ1) is 21.0. The van der Waals surface area contributed by atoms with Crippen LogP contribution in [-0.4, -0.2) is 21.9 Å². The smallest absolute Gasteiger partial charge is 0.166 e. The van der Waals surface area contributed by atoms with Crippen LogP contribution < -0.4 is 4.74 Å². The Balaban J connectivity index is 0.00000261. The summed E-state index contributed by atoms with van der Waals surface area (Å²) in [5.74, 6) is 0.815. The summed E-state index contributed by atoms with van der Waals surface area (Å²) in [6.07, 6.45) is 4.34. The van der Waals surface area contributed by atoms with Gasteiger partial charge in [0.15, 0.2) is 5.78 Å². The van der Waals surface area contributed by atoms with Gasteiger partial charge in [-0.3, -0.25) is 4.79 Å². The average Bonchev–Trinajstić information content (AvgIpc) is 3.03. The highest BCUT2D eigenvalue weighted by atomic mass is 35.5. The van der Waals surface area contributed by atoms with Gasteiger partial charge < -0.3 is 9.30 Å². The Hall–Kier alpha value is -2.33. The molecule has 5 heteroatoms. The maximum Gasteiger partial charge on any atom is 0.166 e. The van der Waals surface area contributed by atoms with E-state index in [1.54, 1.807) is 0 Å². The van der Waals surface area contributed by atoms with E-state index in [2.05, 4.69) is 35.5 Å². The first-order valence-electron chi connectivity index (χ1n) is 9.27. The van der Waals surface area contributed by atoms with E-state index < -0.39 is 0 Å². The number of rotatable bonds is 8. The maximum atomic E-state index is 12.0. The van der Waals surface area contributed by atoms with E-state index in [1.165, 1.54) is 16.6 Å². The molecule has 0 unspecified atom stereocenters. The summed E-state index contributed by atoms with van der Waals surface area (Å²) in [6.45, 7) is 7.65. The fraction of sp³-hybridized carbons (Fsp3) is 0.364. The van der Waals surface area contributed by atoms with Gasteiger partial charge in [0.2, 0.25) is 0 Å². The monoisotopic (exact) mass is 386 g/mol. The fourth-order valence-electron chi connectivity index (χ4n) is 3.07. The SMILES string of the molecule is CCC(=O)c1ccccc1OCCCCn1cnc2cc(C)c(C)cc21.Cl. The van der Waals surface area contributed by atoms with E-state index >= 15 is 0 Å². The predicted molar refractivity (Wildman–Crippen MR) is 112 cm³/mol. The molecule has 0 atom stereocenters. The summed E-state index contributed by atoms with van der Waals surface area (Å²) < 4.78 is 8.06. The van der Waals surface area contributed by atoms with Gasteiger partial charge in [-0.15, -0.1) is 12.4 Å². The van der Waals surface area contributed by atoms with E-state index in [9.17, 15) is 4.79 Å². The molecule has 1 heterocycles. The summed E-state index contributed by atoms with van der Waals surface area (Å²) in [4.78, 5) is 16.5. The second-order valence-corrected chi connectivity index (χ2v) is 6.69. The number of ether oxygens (including phenoxy) is 1. The zero-order valence-electron chi connectivity index (χ0n) is 16.2. The lowest BCUT2D eigenvalue weighted by molar-refractivity contribution is 0.0984. The van der Waals surface area contributed by atoms with Crippen LogP contribution in [0.3, 0.4) is 0 Å². The molecule has 0 aliphatic heterocycles. The van der Waals surface area contributed by atoms with Crippen LogP contribution in [0.2, 0.25) is 0 Å². The molecule has 1 aromatic heterocycles. The van der Waals surface area contributed by atoms with Gasteiger partial charge in [-0.05, 0) is 62.1 Å². The van der Waals surface area contributed by atoms with Crippen molar-refractivity contribution in [2.45, 2.75) is 46.6 Å². The number of Topliss-reactive ketones (excluding diaryl/α,β-unsaturated/α-hetero) is 1. The van der Waals surface area contributed by atoms with Crippen molar-refractivity contribution in [2.24, 2.45) is 0 Å². The highest BCUT2D eigenvalue weighted by Crippen LogP contribution is 2.21. The third-order valence-corrected chi connectivity index (χ3v) is 4.80. The molecule has 0 aliphatic carbocycles. The van der Waals surface area contributed by atoms with Gasteiger partial charge in [0.25, 0.3) is 0 Å². The van der Waals surface area contributed by atoms with Crippen molar-refractivity contribution in [1.82, 2.24) is 9.55 Å². The number of carbonyl (C=O) groups excluding carboxylic acids is 1. The average molecular weight is 387 g/mol. The molecule has 0 N–H and O–H groups in total. The number of hydrogen-bond acceptors (Lipinski definition) is 3. The molecule has 3 aromatic rings. The van der Waals surface area contributed by atoms with E-state index in [-0.39, 0.29) is 18.2 Å². The number of halogens is 1. The fourth-order valence-corrected chi connectivity index (χ4v) is 3.07. The van der Waals surface area contributed by atoms with Crippen LogP contribution >= 0.6 is 12.4 Å². The summed E-state index contributed by atoms with van der Waals surface area (Å²) in [5, 5.41) is 0. The zero-order chi connectivity index (χ0) is 18.5. The van der Waals surface area contributed by atoms with Gasteiger partial charge in [0, 0.05) is 13.0 Å². The van der Waals surface area contributed by atoms with Crippen molar-refractivity contribution in [1.29, 1.82) is 0 Å². The number of aromatic nitrogens is 2. The minimum absolute atomic E-state index is 0.